The van der Waals surface area contributed by atoms with E-state index in [9.17, 15) is 0 Å². The van der Waals surface area contributed by atoms with E-state index in [4.69, 9.17) is 10.3 Å². The predicted octanol–water partition coefficient (Wildman–Crippen LogP) is 2.05. The van der Waals surface area contributed by atoms with Gasteiger partial charge in [0.25, 0.3) is 0 Å². The number of rotatable bonds is 2. The molecule has 1 aromatic heterocycles. The number of nitrogens with two attached hydrogens (primary N) is 1. The lowest BCUT2D eigenvalue weighted by Gasteiger charge is -1.92. The zero-order valence-corrected chi connectivity index (χ0v) is 8.12. The fourth-order valence-corrected chi connectivity index (χ4v) is 1.08. The number of hydrogen-bond donors (Lipinski definition) is 2. The minimum absolute atomic E-state index is 0. The van der Waals surface area contributed by atoms with Gasteiger partial charge in [0.05, 0.1) is 0 Å². The molecule has 0 bridgehead atoms. The highest BCUT2D eigenvalue weighted by Gasteiger charge is 2.02. The van der Waals surface area contributed by atoms with Crippen molar-refractivity contribution in [2.45, 2.75) is 0 Å². The van der Waals surface area contributed by atoms with Gasteiger partial charge in [-0.3, -0.25) is 5.43 Å². The number of aromatic nitrogens is 1. The van der Waals surface area contributed by atoms with Crippen LogP contribution in [0.1, 0.15) is 0 Å². The number of oxazole rings is 1. The first-order valence-corrected chi connectivity index (χ1v) is 3.88. The maximum atomic E-state index is 5.13. The van der Waals surface area contributed by atoms with Crippen LogP contribution in [0.4, 0.5) is 6.01 Å². The zero-order valence-electron chi connectivity index (χ0n) is 7.31. The second kappa shape index (κ2) is 4.64. The highest BCUT2D eigenvalue weighted by Crippen LogP contribution is 2.19. The molecule has 0 radical (unpaired) electrons. The molecule has 0 saturated carbocycles. The summed E-state index contributed by atoms with van der Waals surface area (Å²) in [7, 11) is 0. The van der Waals surface area contributed by atoms with Crippen molar-refractivity contribution in [2.24, 2.45) is 5.84 Å². The maximum Gasteiger partial charge on any atom is 0.309 e. The largest absolute Gasteiger partial charge is 0.431 e. The Morgan fingerprint density at radius 1 is 1.21 bits per heavy atom. The van der Waals surface area contributed by atoms with Crippen molar-refractivity contribution >= 4 is 18.4 Å². The van der Waals surface area contributed by atoms with Gasteiger partial charge in [0, 0.05) is 5.56 Å². The summed E-state index contributed by atoms with van der Waals surface area (Å²) in [6, 6.07) is 10.1. The first-order valence-electron chi connectivity index (χ1n) is 3.88. The molecule has 0 aliphatic carbocycles. The molecule has 1 aromatic carbocycles. The number of nitrogens with zero attached hydrogens (tertiary/aromatic N) is 1. The molecule has 74 valence electrons. The van der Waals surface area contributed by atoms with Crippen molar-refractivity contribution in [3.8, 4) is 11.3 Å². The minimum Gasteiger partial charge on any atom is -0.431 e. The van der Waals surface area contributed by atoms with Crippen molar-refractivity contribution in [1.82, 2.24) is 4.98 Å². The third-order valence-corrected chi connectivity index (χ3v) is 1.70. The molecule has 4 nitrogen and oxygen atoms in total. The third kappa shape index (κ3) is 2.04. The monoisotopic (exact) mass is 211 g/mol. The molecule has 2 rings (SSSR count). The van der Waals surface area contributed by atoms with E-state index >= 15 is 0 Å². The Morgan fingerprint density at radius 3 is 2.50 bits per heavy atom. The summed E-state index contributed by atoms with van der Waals surface area (Å²) in [6.45, 7) is 0. The normalized spacial score (nSPS) is 9.21. The van der Waals surface area contributed by atoms with Gasteiger partial charge >= 0.3 is 6.01 Å². The lowest BCUT2D eigenvalue weighted by molar-refractivity contribution is 0.573. The third-order valence-electron chi connectivity index (χ3n) is 1.70. The second-order valence-electron chi connectivity index (χ2n) is 2.55. The van der Waals surface area contributed by atoms with Gasteiger partial charge in [0.1, 0.15) is 12.0 Å². The van der Waals surface area contributed by atoms with Crippen LogP contribution in [0.3, 0.4) is 0 Å². The number of hydrazine groups is 1. The van der Waals surface area contributed by atoms with E-state index < -0.39 is 0 Å². The SMILES string of the molecule is Cl.NNc1nc(-c2ccccc2)co1. The van der Waals surface area contributed by atoms with E-state index in [1.807, 2.05) is 30.3 Å². The number of nitrogen functional groups attached to an aromatic ring is 1. The van der Waals surface area contributed by atoms with Crippen LogP contribution in [0.2, 0.25) is 0 Å². The molecule has 2 aromatic rings. The standard InChI is InChI=1S/C9H9N3O.ClH/c10-12-9-11-8(6-13-9)7-4-2-1-3-5-7;/h1-6H,10H2,(H,11,12);1H. The molecule has 14 heavy (non-hydrogen) atoms. The minimum atomic E-state index is 0. The van der Waals surface area contributed by atoms with Gasteiger partial charge < -0.3 is 4.42 Å². The number of anilines is 1. The molecule has 0 aliphatic rings. The first-order chi connectivity index (χ1) is 6.40. The Morgan fingerprint density at radius 2 is 1.93 bits per heavy atom. The first kappa shape index (κ1) is 10.6. The molecule has 5 heteroatoms. The predicted molar refractivity (Wildman–Crippen MR) is 57.0 cm³/mol. The van der Waals surface area contributed by atoms with Crippen molar-refractivity contribution in [3.63, 3.8) is 0 Å². The van der Waals surface area contributed by atoms with E-state index in [1.54, 1.807) is 6.26 Å². The quantitative estimate of drug-likeness (QED) is 0.590. The molecule has 0 fully saturated rings. The number of benzene rings is 1. The van der Waals surface area contributed by atoms with Crippen LogP contribution in [-0.4, -0.2) is 4.98 Å². The van der Waals surface area contributed by atoms with Crippen LogP contribution in [0.15, 0.2) is 41.0 Å². The maximum absolute atomic E-state index is 5.13. The topological polar surface area (TPSA) is 64.1 Å². The Labute approximate surface area is 87.5 Å². The summed E-state index contributed by atoms with van der Waals surface area (Å²) < 4.78 is 5.02. The van der Waals surface area contributed by atoms with Crippen LogP contribution in [0.25, 0.3) is 11.3 Å². The summed E-state index contributed by atoms with van der Waals surface area (Å²) in [5, 5.41) is 0. The summed E-state index contributed by atoms with van der Waals surface area (Å²) in [5.41, 5.74) is 4.12. The fraction of sp³-hybridized carbons (Fsp3) is 0. The van der Waals surface area contributed by atoms with E-state index in [0.717, 1.165) is 11.3 Å². The van der Waals surface area contributed by atoms with E-state index in [-0.39, 0.29) is 12.4 Å². The number of halogens is 1. The molecule has 0 aliphatic heterocycles. The second-order valence-corrected chi connectivity index (χ2v) is 2.55. The van der Waals surface area contributed by atoms with Gasteiger partial charge in [0.2, 0.25) is 0 Å². The highest BCUT2D eigenvalue weighted by atomic mass is 35.5. The van der Waals surface area contributed by atoms with Crippen molar-refractivity contribution in [3.05, 3.63) is 36.6 Å². The molecule has 1 heterocycles. The van der Waals surface area contributed by atoms with Gasteiger partial charge in [-0.05, 0) is 0 Å². The molecular weight excluding hydrogens is 202 g/mol. The van der Waals surface area contributed by atoms with Gasteiger partial charge in [0.15, 0.2) is 0 Å². The molecule has 0 unspecified atom stereocenters. The average molecular weight is 212 g/mol. The molecule has 0 spiro atoms. The van der Waals surface area contributed by atoms with Gasteiger partial charge in [-0.25, -0.2) is 5.84 Å². The highest BCUT2D eigenvalue weighted by molar-refractivity contribution is 5.85. The number of nitrogens with one attached hydrogen (secondary N) is 1. The molecule has 3 N–H and O–H groups in total. The summed E-state index contributed by atoms with van der Waals surface area (Å²) in [4.78, 5) is 4.10. The van der Waals surface area contributed by atoms with Gasteiger partial charge in [-0.2, -0.15) is 4.98 Å². The van der Waals surface area contributed by atoms with Crippen molar-refractivity contribution < 1.29 is 4.42 Å². The van der Waals surface area contributed by atoms with Gasteiger partial charge in [-0.15, -0.1) is 12.4 Å². The van der Waals surface area contributed by atoms with E-state index in [0.29, 0.717) is 6.01 Å². The van der Waals surface area contributed by atoms with Gasteiger partial charge in [-0.1, -0.05) is 30.3 Å². The fourth-order valence-electron chi connectivity index (χ4n) is 1.08. The van der Waals surface area contributed by atoms with Crippen molar-refractivity contribution in [2.75, 3.05) is 5.43 Å². The lowest BCUT2D eigenvalue weighted by Crippen LogP contribution is -2.06. The number of hydrogen-bond acceptors (Lipinski definition) is 4. The average Bonchev–Trinajstić information content (AvgIpc) is 2.67. The lowest BCUT2D eigenvalue weighted by atomic mass is 10.2. The van der Waals surface area contributed by atoms with Crippen molar-refractivity contribution in [1.29, 1.82) is 0 Å². The molecule has 0 saturated heterocycles. The van der Waals surface area contributed by atoms with Crippen LogP contribution in [0.5, 0.6) is 0 Å². The summed E-state index contributed by atoms with van der Waals surface area (Å²) >= 11 is 0. The van der Waals surface area contributed by atoms with Crippen LogP contribution >= 0.6 is 12.4 Å². The van der Waals surface area contributed by atoms with E-state index in [1.165, 1.54) is 0 Å². The Balaban J connectivity index is 0.000000980. The van der Waals surface area contributed by atoms with Crippen LogP contribution in [-0.2, 0) is 0 Å². The molecular formula is C9H10ClN3O. The Kier molecular flexibility index (Phi) is 3.50. The summed E-state index contributed by atoms with van der Waals surface area (Å²) in [5.74, 6) is 5.13. The van der Waals surface area contributed by atoms with Crippen LogP contribution < -0.4 is 11.3 Å². The van der Waals surface area contributed by atoms with Crippen LogP contribution in [0, 0.1) is 0 Å². The Hall–Kier alpha value is -1.52. The summed E-state index contributed by atoms with van der Waals surface area (Å²) in [6.07, 6.45) is 1.56. The Bertz CT molecular complexity index is 388. The molecule has 0 atom stereocenters. The molecule has 0 amide bonds. The zero-order chi connectivity index (χ0) is 9.10. The van der Waals surface area contributed by atoms with E-state index in [2.05, 4.69) is 10.4 Å². The smallest absolute Gasteiger partial charge is 0.309 e.